The van der Waals surface area contributed by atoms with Gasteiger partial charge in [-0.3, -0.25) is 14.7 Å². The van der Waals surface area contributed by atoms with E-state index in [0.717, 1.165) is 38.4 Å². The Labute approximate surface area is 153 Å². The van der Waals surface area contributed by atoms with Crippen LogP contribution in [-0.2, 0) is 6.54 Å². The van der Waals surface area contributed by atoms with Crippen LogP contribution in [0.3, 0.4) is 0 Å². The SMILES string of the molecule is O=C(c1cc(-n2cccc2)ccn1)N1CCN(Cc2ccccc2)CC1. The highest BCUT2D eigenvalue weighted by atomic mass is 16.2. The number of aromatic nitrogens is 2. The van der Waals surface area contributed by atoms with E-state index in [9.17, 15) is 4.79 Å². The second-order valence-corrected chi connectivity index (χ2v) is 6.54. The van der Waals surface area contributed by atoms with E-state index in [1.54, 1.807) is 6.20 Å². The highest BCUT2D eigenvalue weighted by molar-refractivity contribution is 5.92. The van der Waals surface area contributed by atoms with Gasteiger partial charge in [-0.25, -0.2) is 0 Å². The van der Waals surface area contributed by atoms with E-state index in [-0.39, 0.29) is 5.91 Å². The first-order chi connectivity index (χ1) is 12.8. The van der Waals surface area contributed by atoms with Gasteiger partial charge in [0, 0.05) is 57.0 Å². The molecule has 3 aromatic rings. The van der Waals surface area contributed by atoms with Crippen molar-refractivity contribution in [2.75, 3.05) is 26.2 Å². The summed E-state index contributed by atoms with van der Waals surface area (Å²) in [7, 11) is 0. The Morgan fingerprint density at radius 2 is 1.65 bits per heavy atom. The molecular weight excluding hydrogens is 324 g/mol. The zero-order valence-corrected chi connectivity index (χ0v) is 14.7. The molecule has 1 amide bonds. The van der Waals surface area contributed by atoms with Crippen LogP contribution in [0.2, 0.25) is 0 Å². The van der Waals surface area contributed by atoms with Crippen molar-refractivity contribution in [1.29, 1.82) is 0 Å². The molecule has 26 heavy (non-hydrogen) atoms. The van der Waals surface area contributed by atoms with E-state index < -0.39 is 0 Å². The molecule has 0 N–H and O–H groups in total. The molecule has 1 fully saturated rings. The molecule has 1 aliphatic heterocycles. The molecule has 5 nitrogen and oxygen atoms in total. The molecule has 0 aliphatic carbocycles. The average Bonchev–Trinajstić information content (AvgIpc) is 3.24. The van der Waals surface area contributed by atoms with E-state index in [4.69, 9.17) is 0 Å². The number of piperazine rings is 1. The van der Waals surface area contributed by atoms with Crippen molar-refractivity contribution in [3.63, 3.8) is 0 Å². The normalized spacial score (nSPS) is 15.2. The Bertz CT molecular complexity index is 853. The van der Waals surface area contributed by atoms with Gasteiger partial charge in [0.25, 0.3) is 5.91 Å². The van der Waals surface area contributed by atoms with Crippen LogP contribution in [0.1, 0.15) is 16.1 Å². The van der Waals surface area contributed by atoms with Crippen LogP contribution in [0, 0.1) is 0 Å². The number of rotatable bonds is 4. The summed E-state index contributed by atoms with van der Waals surface area (Å²) >= 11 is 0. The third kappa shape index (κ3) is 3.68. The Kier molecular flexibility index (Phi) is 4.80. The van der Waals surface area contributed by atoms with Crippen molar-refractivity contribution < 1.29 is 4.79 Å². The molecule has 3 heterocycles. The Balaban J connectivity index is 1.39. The van der Waals surface area contributed by atoms with Gasteiger partial charge in [0.1, 0.15) is 5.69 Å². The minimum Gasteiger partial charge on any atom is -0.335 e. The van der Waals surface area contributed by atoms with Crippen LogP contribution >= 0.6 is 0 Å². The Morgan fingerprint density at radius 3 is 2.38 bits per heavy atom. The second-order valence-electron chi connectivity index (χ2n) is 6.54. The molecule has 4 rings (SSSR count). The topological polar surface area (TPSA) is 41.4 Å². The second kappa shape index (κ2) is 7.54. The number of hydrogen-bond donors (Lipinski definition) is 0. The molecule has 0 unspecified atom stereocenters. The van der Waals surface area contributed by atoms with E-state index in [2.05, 4.69) is 34.1 Å². The van der Waals surface area contributed by atoms with Gasteiger partial charge in [-0.15, -0.1) is 0 Å². The van der Waals surface area contributed by atoms with Gasteiger partial charge in [0.2, 0.25) is 0 Å². The van der Waals surface area contributed by atoms with Gasteiger partial charge in [0.15, 0.2) is 0 Å². The summed E-state index contributed by atoms with van der Waals surface area (Å²) < 4.78 is 1.98. The molecule has 0 radical (unpaired) electrons. The zero-order chi connectivity index (χ0) is 17.8. The minimum atomic E-state index is 0.0124. The van der Waals surface area contributed by atoms with Gasteiger partial charge < -0.3 is 9.47 Å². The van der Waals surface area contributed by atoms with Crippen molar-refractivity contribution in [2.24, 2.45) is 0 Å². The molecule has 132 valence electrons. The molecule has 5 heteroatoms. The summed E-state index contributed by atoms with van der Waals surface area (Å²) in [6, 6.07) is 18.2. The van der Waals surface area contributed by atoms with Gasteiger partial charge in [0.05, 0.1) is 0 Å². The molecule has 0 spiro atoms. The predicted molar refractivity (Wildman–Crippen MR) is 101 cm³/mol. The van der Waals surface area contributed by atoms with Crippen LogP contribution < -0.4 is 0 Å². The lowest BCUT2D eigenvalue weighted by Crippen LogP contribution is -2.48. The summed E-state index contributed by atoms with van der Waals surface area (Å²) in [5, 5.41) is 0. The lowest BCUT2D eigenvalue weighted by molar-refractivity contribution is 0.0622. The summed E-state index contributed by atoms with van der Waals surface area (Å²) in [6.07, 6.45) is 5.63. The standard InChI is InChI=1S/C21H22N4O/c26-21(20-16-19(8-9-22-20)24-10-4-5-11-24)25-14-12-23(13-15-25)17-18-6-2-1-3-7-18/h1-11,16H,12-15,17H2. The molecule has 1 saturated heterocycles. The zero-order valence-electron chi connectivity index (χ0n) is 14.7. The fraction of sp³-hybridized carbons (Fsp3) is 0.238. The summed E-state index contributed by atoms with van der Waals surface area (Å²) in [5.74, 6) is 0.0124. The Morgan fingerprint density at radius 1 is 0.923 bits per heavy atom. The van der Waals surface area contributed by atoms with Crippen LogP contribution in [0.25, 0.3) is 5.69 Å². The van der Waals surface area contributed by atoms with Crippen molar-refractivity contribution in [2.45, 2.75) is 6.54 Å². The molecule has 2 aromatic heterocycles. The van der Waals surface area contributed by atoms with Gasteiger partial charge in [-0.05, 0) is 29.8 Å². The maximum atomic E-state index is 12.8. The summed E-state index contributed by atoms with van der Waals surface area (Å²) in [4.78, 5) is 21.4. The van der Waals surface area contributed by atoms with Crippen LogP contribution in [-0.4, -0.2) is 51.4 Å². The van der Waals surface area contributed by atoms with E-state index in [1.807, 2.05) is 52.2 Å². The average molecular weight is 346 g/mol. The molecule has 1 aliphatic rings. The number of carbonyl (C=O) groups excluding carboxylic acids is 1. The monoisotopic (exact) mass is 346 g/mol. The lowest BCUT2D eigenvalue weighted by atomic mass is 10.2. The number of amides is 1. The smallest absolute Gasteiger partial charge is 0.272 e. The molecule has 1 aromatic carbocycles. The number of benzene rings is 1. The number of carbonyl (C=O) groups is 1. The van der Waals surface area contributed by atoms with Crippen molar-refractivity contribution in [1.82, 2.24) is 19.4 Å². The fourth-order valence-electron chi connectivity index (χ4n) is 3.32. The number of nitrogens with zero attached hydrogens (tertiary/aromatic N) is 4. The molecule has 0 atom stereocenters. The fourth-order valence-corrected chi connectivity index (χ4v) is 3.32. The number of pyridine rings is 1. The predicted octanol–water partition coefficient (Wildman–Crippen LogP) is 2.83. The lowest BCUT2D eigenvalue weighted by Gasteiger charge is -2.34. The first kappa shape index (κ1) is 16.5. The maximum Gasteiger partial charge on any atom is 0.272 e. The molecule has 0 saturated carbocycles. The largest absolute Gasteiger partial charge is 0.335 e. The first-order valence-electron chi connectivity index (χ1n) is 8.94. The summed E-state index contributed by atoms with van der Waals surface area (Å²) in [5.41, 5.74) is 2.78. The molecule has 0 bridgehead atoms. The van der Waals surface area contributed by atoms with Crippen LogP contribution in [0.4, 0.5) is 0 Å². The van der Waals surface area contributed by atoms with Crippen molar-refractivity contribution in [3.8, 4) is 5.69 Å². The number of hydrogen-bond acceptors (Lipinski definition) is 3. The quantitative estimate of drug-likeness (QED) is 0.729. The van der Waals surface area contributed by atoms with E-state index in [1.165, 1.54) is 5.56 Å². The third-order valence-corrected chi connectivity index (χ3v) is 4.77. The highest BCUT2D eigenvalue weighted by Crippen LogP contribution is 2.13. The van der Waals surface area contributed by atoms with Crippen molar-refractivity contribution in [3.05, 3.63) is 84.4 Å². The van der Waals surface area contributed by atoms with Gasteiger partial charge in [-0.2, -0.15) is 0 Å². The molecular formula is C21H22N4O. The van der Waals surface area contributed by atoms with Crippen LogP contribution in [0.5, 0.6) is 0 Å². The van der Waals surface area contributed by atoms with Gasteiger partial charge in [-0.1, -0.05) is 30.3 Å². The van der Waals surface area contributed by atoms with Crippen molar-refractivity contribution >= 4 is 5.91 Å². The third-order valence-electron chi connectivity index (χ3n) is 4.77. The Hall–Kier alpha value is -2.92. The highest BCUT2D eigenvalue weighted by Gasteiger charge is 2.23. The van der Waals surface area contributed by atoms with Crippen LogP contribution in [0.15, 0.2) is 73.2 Å². The van der Waals surface area contributed by atoms with E-state index >= 15 is 0 Å². The van der Waals surface area contributed by atoms with E-state index in [0.29, 0.717) is 5.69 Å². The maximum absolute atomic E-state index is 12.8. The summed E-state index contributed by atoms with van der Waals surface area (Å²) in [6.45, 7) is 4.18. The first-order valence-corrected chi connectivity index (χ1v) is 8.94. The minimum absolute atomic E-state index is 0.0124. The van der Waals surface area contributed by atoms with Gasteiger partial charge >= 0.3 is 0 Å².